The van der Waals surface area contributed by atoms with E-state index in [-0.39, 0.29) is 18.3 Å². The SMILES string of the molecule is NC(=O)COc1cccc(C(=O)NCc2ccc(Oc3ccc(F)cc3)cc2)c1. The van der Waals surface area contributed by atoms with E-state index in [9.17, 15) is 14.0 Å². The number of ether oxygens (including phenoxy) is 2. The Morgan fingerprint density at radius 3 is 2.21 bits per heavy atom. The third-order valence-electron chi connectivity index (χ3n) is 3.90. The molecule has 0 unspecified atom stereocenters. The highest BCUT2D eigenvalue weighted by Crippen LogP contribution is 2.22. The smallest absolute Gasteiger partial charge is 0.255 e. The predicted molar refractivity (Wildman–Crippen MR) is 105 cm³/mol. The van der Waals surface area contributed by atoms with Gasteiger partial charge in [0.05, 0.1) is 0 Å². The Bertz CT molecular complexity index is 988. The molecule has 0 atom stereocenters. The Balaban J connectivity index is 1.54. The molecule has 3 rings (SSSR count). The van der Waals surface area contributed by atoms with E-state index in [2.05, 4.69) is 5.32 Å². The molecule has 0 spiro atoms. The normalized spacial score (nSPS) is 10.2. The zero-order chi connectivity index (χ0) is 20.6. The summed E-state index contributed by atoms with van der Waals surface area (Å²) in [5.74, 6) is 0.330. The molecule has 148 valence electrons. The van der Waals surface area contributed by atoms with Crippen molar-refractivity contribution < 1.29 is 23.5 Å². The van der Waals surface area contributed by atoms with Crippen LogP contribution in [0.2, 0.25) is 0 Å². The van der Waals surface area contributed by atoms with Crippen LogP contribution in [0.5, 0.6) is 17.2 Å². The van der Waals surface area contributed by atoms with Crippen LogP contribution in [0.15, 0.2) is 72.8 Å². The van der Waals surface area contributed by atoms with Crippen LogP contribution in [0.3, 0.4) is 0 Å². The second-order valence-corrected chi connectivity index (χ2v) is 6.17. The van der Waals surface area contributed by atoms with Gasteiger partial charge in [-0.3, -0.25) is 9.59 Å². The highest BCUT2D eigenvalue weighted by molar-refractivity contribution is 5.94. The first-order valence-electron chi connectivity index (χ1n) is 8.81. The number of hydrogen-bond acceptors (Lipinski definition) is 4. The van der Waals surface area contributed by atoms with Gasteiger partial charge >= 0.3 is 0 Å². The number of carbonyl (C=O) groups excluding carboxylic acids is 2. The van der Waals surface area contributed by atoms with Gasteiger partial charge in [-0.25, -0.2) is 4.39 Å². The van der Waals surface area contributed by atoms with Gasteiger partial charge in [-0.05, 0) is 60.2 Å². The van der Waals surface area contributed by atoms with Crippen LogP contribution < -0.4 is 20.5 Å². The van der Waals surface area contributed by atoms with Crippen LogP contribution in [0, 0.1) is 5.82 Å². The third kappa shape index (κ3) is 6.07. The second kappa shape index (κ2) is 9.36. The predicted octanol–water partition coefficient (Wildman–Crippen LogP) is 3.41. The summed E-state index contributed by atoms with van der Waals surface area (Å²) in [6, 6.07) is 19.4. The number of halogens is 1. The van der Waals surface area contributed by atoms with Crippen LogP contribution in [0.25, 0.3) is 0 Å². The van der Waals surface area contributed by atoms with Gasteiger partial charge in [-0.2, -0.15) is 0 Å². The third-order valence-corrected chi connectivity index (χ3v) is 3.90. The highest BCUT2D eigenvalue weighted by Gasteiger charge is 2.08. The molecule has 0 bridgehead atoms. The Morgan fingerprint density at radius 2 is 1.55 bits per heavy atom. The number of nitrogens with two attached hydrogens (primary N) is 1. The van der Waals surface area contributed by atoms with Crippen molar-refractivity contribution in [2.24, 2.45) is 5.73 Å². The number of carbonyl (C=O) groups is 2. The molecule has 3 aromatic carbocycles. The molecule has 2 amide bonds. The summed E-state index contributed by atoms with van der Waals surface area (Å²) in [4.78, 5) is 23.1. The summed E-state index contributed by atoms with van der Waals surface area (Å²) in [5, 5.41) is 2.81. The van der Waals surface area contributed by atoms with E-state index in [4.69, 9.17) is 15.2 Å². The molecule has 6 nitrogen and oxygen atoms in total. The standard InChI is InChI=1S/C22H19FN2O4/c23-17-6-10-19(11-7-17)29-18-8-4-15(5-9-18)13-25-22(27)16-2-1-3-20(12-16)28-14-21(24)26/h1-12H,13-14H2,(H2,24,26)(H,25,27). The van der Waals surface area contributed by atoms with Gasteiger partial charge in [0.1, 0.15) is 23.1 Å². The Morgan fingerprint density at radius 1 is 0.897 bits per heavy atom. The van der Waals surface area contributed by atoms with E-state index in [1.54, 1.807) is 42.5 Å². The lowest BCUT2D eigenvalue weighted by molar-refractivity contribution is -0.119. The van der Waals surface area contributed by atoms with Gasteiger partial charge in [-0.15, -0.1) is 0 Å². The quantitative estimate of drug-likeness (QED) is 0.613. The van der Waals surface area contributed by atoms with Crippen molar-refractivity contribution in [1.29, 1.82) is 0 Å². The van der Waals surface area contributed by atoms with E-state index in [1.807, 2.05) is 12.1 Å². The van der Waals surface area contributed by atoms with Gasteiger partial charge < -0.3 is 20.5 Å². The van der Waals surface area contributed by atoms with Gasteiger partial charge in [0, 0.05) is 12.1 Å². The summed E-state index contributed by atoms with van der Waals surface area (Å²) in [5.41, 5.74) is 6.33. The van der Waals surface area contributed by atoms with Crippen molar-refractivity contribution >= 4 is 11.8 Å². The van der Waals surface area contributed by atoms with E-state index in [0.717, 1.165) is 5.56 Å². The molecule has 0 heterocycles. The van der Waals surface area contributed by atoms with Crippen LogP contribution in [0.1, 0.15) is 15.9 Å². The summed E-state index contributed by atoms with van der Waals surface area (Å²) >= 11 is 0. The topological polar surface area (TPSA) is 90.7 Å². The average molecular weight is 394 g/mol. The fourth-order valence-electron chi connectivity index (χ4n) is 2.48. The Hall–Kier alpha value is -3.87. The molecule has 0 fully saturated rings. The molecule has 7 heteroatoms. The van der Waals surface area contributed by atoms with E-state index in [0.29, 0.717) is 29.4 Å². The number of benzene rings is 3. The molecule has 0 saturated heterocycles. The number of rotatable bonds is 8. The largest absolute Gasteiger partial charge is 0.484 e. The number of nitrogens with one attached hydrogen (secondary N) is 1. The maximum absolute atomic E-state index is 12.9. The zero-order valence-electron chi connectivity index (χ0n) is 15.4. The van der Waals surface area contributed by atoms with Gasteiger partial charge in [0.15, 0.2) is 6.61 Å². The molecule has 0 aliphatic rings. The Kier molecular flexibility index (Phi) is 6.42. The number of amides is 2. The molecule has 3 N–H and O–H groups in total. The lowest BCUT2D eigenvalue weighted by Crippen LogP contribution is -2.23. The maximum atomic E-state index is 12.9. The average Bonchev–Trinajstić information content (AvgIpc) is 2.73. The number of primary amides is 1. The van der Waals surface area contributed by atoms with Crippen molar-refractivity contribution in [3.8, 4) is 17.2 Å². The van der Waals surface area contributed by atoms with Gasteiger partial charge in [0.25, 0.3) is 11.8 Å². The molecular formula is C22H19FN2O4. The first kappa shape index (κ1) is 19.9. The molecule has 0 aliphatic carbocycles. The lowest BCUT2D eigenvalue weighted by Gasteiger charge is -2.09. The van der Waals surface area contributed by atoms with Crippen LogP contribution in [-0.2, 0) is 11.3 Å². The molecule has 29 heavy (non-hydrogen) atoms. The first-order chi connectivity index (χ1) is 14.0. The molecule has 3 aromatic rings. The van der Waals surface area contributed by atoms with Gasteiger partial charge in [-0.1, -0.05) is 18.2 Å². The highest BCUT2D eigenvalue weighted by atomic mass is 19.1. The zero-order valence-corrected chi connectivity index (χ0v) is 15.4. The second-order valence-electron chi connectivity index (χ2n) is 6.17. The molecule has 0 aliphatic heterocycles. The maximum Gasteiger partial charge on any atom is 0.255 e. The molecule has 0 saturated carbocycles. The van der Waals surface area contributed by atoms with E-state index < -0.39 is 5.91 Å². The number of hydrogen-bond donors (Lipinski definition) is 2. The van der Waals surface area contributed by atoms with E-state index >= 15 is 0 Å². The summed E-state index contributed by atoms with van der Waals surface area (Å²) in [6.45, 7) is 0.0689. The van der Waals surface area contributed by atoms with Crippen LogP contribution in [-0.4, -0.2) is 18.4 Å². The lowest BCUT2D eigenvalue weighted by atomic mass is 10.2. The monoisotopic (exact) mass is 394 g/mol. The van der Waals surface area contributed by atoms with Crippen LogP contribution >= 0.6 is 0 Å². The van der Waals surface area contributed by atoms with Gasteiger partial charge in [0.2, 0.25) is 0 Å². The van der Waals surface area contributed by atoms with E-state index in [1.165, 1.54) is 18.2 Å². The van der Waals surface area contributed by atoms with Crippen LogP contribution in [0.4, 0.5) is 4.39 Å². The molecule has 0 radical (unpaired) electrons. The van der Waals surface area contributed by atoms with Crippen molar-refractivity contribution in [1.82, 2.24) is 5.32 Å². The minimum atomic E-state index is -0.591. The first-order valence-corrected chi connectivity index (χ1v) is 8.81. The summed E-state index contributed by atoms with van der Waals surface area (Å²) < 4.78 is 23.8. The fourth-order valence-corrected chi connectivity index (χ4v) is 2.48. The van der Waals surface area contributed by atoms with Crippen molar-refractivity contribution in [2.45, 2.75) is 6.54 Å². The molecular weight excluding hydrogens is 375 g/mol. The minimum Gasteiger partial charge on any atom is -0.484 e. The molecule has 0 aromatic heterocycles. The Labute approximate surface area is 167 Å². The van der Waals surface area contributed by atoms with Crippen molar-refractivity contribution in [3.63, 3.8) is 0 Å². The van der Waals surface area contributed by atoms with Crippen molar-refractivity contribution in [2.75, 3.05) is 6.61 Å². The van der Waals surface area contributed by atoms with Crippen molar-refractivity contribution in [3.05, 3.63) is 89.7 Å². The minimum absolute atomic E-state index is 0.253. The summed E-state index contributed by atoms with van der Waals surface area (Å²) in [6.07, 6.45) is 0. The fraction of sp³-hybridized carbons (Fsp3) is 0.0909. The summed E-state index contributed by atoms with van der Waals surface area (Å²) in [7, 11) is 0.